The van der Waals surface area contributed by atoms with Gasteiger partial charge in [0.15, 0.2) is 0 Å². The Balaban J connectivity index is 0. The molecule has 0 saturated heterocycles. The molecule has 0 fully saturated rings. The molecule has 0 saturated carbocycles. The highest BCUT2D eigenvalue weighted by molar-refractivity contribution is 6.50. The summed E-state index contributed by atoms with van der Waals surface area (Å²) in [5.41, 5.74) is 0. The molecule has 12 heteroatoms. The Morgan fingerprint density at radius 3 is 1.59 bits per heavy atom. The zero-order valence-corrected chi connectivity index (χ0v) is 8.41. The molecule has 0 rings (SSSR count). The molecule has 0 spiro atoms. The van der Waals surface area contributed by atoms with Crippen molar-refractivity contribution in [2.45, 2.75) is 12.7 Å². The molecule has 0 radical (unpaired) electrons. The molecule has 0 aliphatic heterocycles. The minimum Gasteiger partial charge on any atom is -0.418 e. The molecule has 0 N–H and O–H groups in total. The zero-order chi connectivity index (χ0) is 14.4. The van der Waals surface area contributed by atoms with Gasteiger partial charge in [-0.2, -0.15) is 0 Å². The second-order valence-electron chi connectivity index (χ2n) is 2.59. The van der Waals surface area contributed by atoms with Crippen LogP contribution in [0.4, 0.5) is 39.2 Å². The summed E-state index contributed by atoms with van der Waals surface area (Å²) in [5.74, 6) is -1.63. The van der Waals surface area contributed by atoms with Crippen molar-refractivity contribution in [2.24, 2.45) is 0 Å². The standard InChI is InChI=1S/C5H7F5NO.BF4/c1-11(2)3(6)4(7)12-5(8,9)10;2-1(3,4)5/h4H,1-2H3;/q+1;-1. The van der Waals surface area contributed by atoms with Gasteiger partial charge in [0.25, 0.3) is 0 Å². The second kappa shape index (κ2) is 6.72. The molecule has 0 amide bonds. The van der Waals surface area contributed by atoms with Gasteiger partial charge in [-0.15, -0.1) is 17.6 Å². The SMILES string of the molecule is C[N+](C)=C(F)C(F)OC(F)(F)F.F[B-](F)(F)F. The van der Waals surface area contributed by atoms with Crippen LogP contribution in [0.25, 0.3) is 0 Å². The van der Waals surface area contributed by atoms with Gasteiger partial charge < -0.3 is 17.3 Å². The maximum Gasteiger partial charge on any atom is 0.673 e. The summed E-state index contributed by atoms with van der Waals surface area (Å²) >= 11 is 0. The lowest BCUT2D eigenvalue weighted by Gasteiger charge is -2.07. The highest BCUT2D eigenvalue weighted by Crippen LogP contribution is 2.20. The highest BCUT2D eigenvalue weighted by atomic mass is 19.5. The average molecular weight is 279 g/mol. The predicted octanol–water partition coefficient (Wildman–Crippen LogP) is 2.76. The van der Waals surface area contributed by atoms with Crippen LogP contribution in [0, 0.1) is 0 Å². The van der Waals surface area contributed by atoms with Gasteiger partial charge in [0.2, 0.25) is 0 Å². The molecule has 104 valence electrons. The molecule has 2 nitrogen and oxygen atoms in total. The molecule has 1 unspecified atom stereocenters. The van der Waals surface area contributed by atoms with Gasteiger partial charge in [0.05, 0.1) is 0 Å². The number of hydrogen-bond donors (Lipinski definition) is 0. The van der Waals surface area contributed by atoms with Crippen molar-refractivity contribution >= 4 is 13.2 Å². The third kappa shape index (κ3) is 17.7. The fourth-order valence-corrected chi connectivity index (χ4v) is 0.369. The van der Waals surface area contributed by atoms with Gasteiger partial charge in [0.1, 0.15) is 14.1 Å². The predicted molar refractivity (Wildman–Crippen MR) is 40.4 cm³/mol. The molecule has 0 aromatic rings. The van der Waals surface area contributed by atoms with E-state index in [4.69, 9.17) is 0 Å². The lowest BCUT2D eigenvalue weighted by atomic mass is 10.3. The molecule has 0 aliphatic carbocycles. The first-order valence-corrected chi connectivity index (χ1v) is 3.69. The van der Waals surface area contributed by atoms with Crippen molar-refractivity contribution in [3.05, 3.63) is 0 Å². The monoisotopic (exact) mass is 279 g/mol. The van der Waals surface area contributed by atoms with Gasteiger partial charge >= 0.3 is 25.9 Å². The van der Waals surface area contributed by atoms with Crippen molar-refractivity contribution in [1.29, 1.82) is 0 Å². The van der Waals surface area contributed by atoms with E-state index in [9.17, 15) is 39.2 Å². The van der Waals surface area contributed by atoms with E-state index in [1.165, 1.54) is 0 Å². The second-order valence-corrected chi connectivity index (χ2v) is 2.59. The number of alkyl halides is 4. The van der Waals surface area contributed by atoms with E-state index in [-0.39, 0.29) is 0 Å². The van der Waals surface area contributed by atoms with Crippen LogP contribution in [0.15, 0.2) is 0 Å². The van der Waals surface area contributed by atoms with Crippen LogP contribution in [-0.4, -0.2) is 44.6 Å². The summed E-state index contributed by atoms with van der Waals surface area (Å²) in [6.07, 6.45) is -8.27. The van der Waals surface area contributed by atoms with Crippen LogP contribution in [0.2, 0.25) is 0 Å². The van der Waals surface area contributed by atoms with E-state index in [1.54, 1.807) is 0 Å². The van der Waals surface area contributed by atoms with E-state index in [1.807, 2.05) is 0 Å². The maximum atomic E-state index is 12.3. The average Bonchev–Trinajstić information content (AvgIpc) is 1.95. The molecule has 0 aromatic heterocycles. The first kappa shape index (κ1) is 18.4. The molecule has 17 heavy (non-hydrogen) atoms. The first-order valence-electron chi connectivity index (χ1n) is 3.69. The Hall–Kier alpha value is -0.935. The van der Waals surface area contributed by atoms with Crippen LogP contribution in [0.3, 0.4) is 0 Å². The summed E-state index contributed by atoms with van der Waals surface area (Å²) in [7, 11) is -3.89. The number of nitrogens with zero attached hydrogens (tertiary/aromatic N) is 1. The third-order valence-electron chi connectivity index (χ3n) is 0.852. The largest absolute Gasteiger partial charge is 0.673 e. The minimum atomic E-state index is -6.00. The molecule has 0 heterocycles. The van der Waals surface area contributed by atoms with Crippen molar-refractivity contribution < 1.29 is 48.5 Å². The molecular formula is C5H7BF9NO. The molecule has 0 aromatic carbocycles. The van der Waals surface area contributed by atoms with E-state index >= 15 is 0 Å². The summed E-state index contributed by atoms with van der Waals surface area (Å²) in [6, 6.07) is 0. The smallest absolute Gasteiger partial charge is 0.418 e. The molecule has 1 atom stereocenters. The van der Waals surface area contributed by atoms with Crippen molar-refractivity contribution in [3.63, 3.8) is 0 Å². The quantitative estimate of drug-likeness (QED) is 0.327. The summed E-state index contributed by atoms with van der Waals surface area (Å²) in [6.45, 7) is 0. The molecule has 0 bridgehead atoms. The summed E-state index contributed by atoms with van der Waals surface area (Å²) in [4.78, 5) is 0. The third-order valence-corrected chi connectivity index (χ3v) is 0.852. The Morgan fingerprint density at radius 1 is 1.12 bits per heavy atom. The minimum absolute atomic E-state index is 0.552. The topological polar surface area (TPSA) is 12.2 Å². The van der Waals surface area contributed by atoms with Crippen LogP contribution in [-0.2, 0) is 4.74 Å². The fourth-order valence-electron chi connectivity index (χ4n) is 0.369. The highest BCUT2D eigenvalue weighted by Gasteiger charge is 2.38. The number of rotatable bonds is 2. The molecular weight excluding hydrogens is 272 g/mol. The first-order chi connectivity index (χ1) is 7.24. The number of ether oxygens (including phenoxy) is 1. The van der Waals surface area contributed by atoms with E-state index in [0.717, 1.165) is 14.1 Å². The lowest BCUT2D eigenvalue weighted by molar-refractivity contribution is -0.479. The van der Waals surface area contributed by atoms with Crippen LogP contribution in [0.1, 0.15) is 0 Å². The van der Waals surface area contributed by atoms with Crippen LogP contribution < -0.4 is 0 Å². The summed E-state index contributed by atoms with van der Waals surface area (Å²) < 4.78 is 101. The number of hydrogen-bond acceptors (Lipinski definition) is 1. The normalized spacial score (nSPS) is 13.6. The van der Waals surface area contributed by atoms with Gasteiger partial charge in [-0.3, -0.25) is 0 Å². The Kier molecular flexibility index (Phi) is 7.28. The van der Waals surface area contributed by atoms with E-state index < -0.39 is 25.9 Å². The zero-order valence-electron chi connectivity index (χ0n) is 8.41. The number of halogens is 9. The van der Waals surface area contributed by atoms with Gasteiger partial charge in [-0.1, -0.05) is 0 Å². The Bertz CT molecular complexity index is 249. The van der Waals surface area contributed by atoms with Crippen molar-refractivity contribution in [2.75, 3.05) is 14.1 Å². The fraction of sp³-hybridized carbons (Fsp3) is 0.800. The van der Waals surface area contributed by atoms with E-state index in [0.29, 0.717) is 4.58 Å². The van der Waals surface area contributed by atoms with Gasteiger partial charge in [-0.05, 0) is 0 Å². The van der Waals surface area contributed by atoms with E-state index in [2.05, 4.69) is 4.74 Å². The maximum absolute atomic E-state index is 12.3. The summed E-state index contributed by atoms with van der Waals surface area (Å²) in [5, 5.41) is 0. The van der Waals surface area contributed by atoms with Crippen molar-refractivity contribution in [3.8, 4) is 0 Å². The van der Waals surface area contributed by atoms with Crippen molar-refractivity contribution in [1.82, 2.24) is 0 Å². The molecule has 0 aliphatic rings. The Morgan fingerprint density at radius 2 is 1.41 bits per heavy atom. The lowest BCUT2D eigenvalue weighted by Crippen LogP contribution is -2.29. The van der Waals surface area contributed by atoms with Crippen LogP contribution >= 0.6 is 0 Å². The Labute approximate surface area is 89.8 Å². The van der Waals surface area contributed by atoms with Crippen LogP contribution in [0.5, 0.6) is 0 Å². The van der Waals surface area contributed by atoms with Gasteiger partial charge in [-0.25, -0.2) is 13.7 Å². The van der Waals surface area contributed by atoms with Gasteiger partial charge in [0, 0.05) is 0 Å².